The van der Waals surface area contributed by atoms with E-state index in [2.05, 4.69) is 74.4 Å². The average molecular weight is 395 g/mol. The van der Waals surface area contributed by atoms with Crippen molar-refractivity contribution in [3.05, 3.63) is 72.1 Å². The summed E-state index contributed by atoms with van der Waals surface area (Å²) in [4.78, 5) is 25.6. The number of nitrogens with zero attached hydrogens (tertiary/aromatic N) is 5. The van der Waals surface area contributed by atoms with Gasteiger partial charge in [-0.15, -0.1) is 0 Å². The number of imidazole rings is 1. The van der Waals surface area contributed by atoms with Gasteiger partial charge in [0.1, 0.15) is 11.8 Å². The molecule has 0 aliphatic rings. The van der Waals surface area contributed by atoms with E-state index in [4.69, 9.17) is 4.98 Å². The van der Waals surface area contributed by atoms with Crippen LogP contribution in [0.25, 0.3) is 33.3 Å². The van der Waals surface area contributed by atoms with Gasteiger partial charge in [-0.2, -0.15) is 0 Å². The predicted molar refractivity (Wildman–Crippen MR) is 118 cm³/mol. The summed E-state index contributed by atoms with van der Waals surface area (Å²) < 4.78 is 0. The molecule has 4 aromatic heterocycles. The highest BCUT2D eigenvalue weighted by Gasteiger charge is 2.19. The number of H-pyrrole nitrogens is 1. The van der Waals surface area contributed by atoms with Crippen LogP contribution in [-0.4, -0.2) is 29.9 Å². The zero-order valence-corrected chi connectivity index (χ0v) is 17.0. The lowest BCUT2D eigenvalue weighted by atomic mass is 9.97. The van der Waals surface area contributed by atoms with Crippen molar-refractivity contribution in [2.75, 3.05) is 5.32 Å². The minimum absolute atomic E-state index is 0.0631. The van der Waals surface area contributed by atoms with E-state index in [1.807, 2.05) is 19.2 Å². The Morgan fingerprint density at radius 3 is 2.73 bits per heavy atom. The maximum Gasteiger partial charge on any atom is 0.162 e. The highest BCUT2D eigenvalue weighted by Crippen LogP contribution is 2.33. The quantitative estimate of drug-likeness (QED) is 0.456. The third-order valence-electron chi connectivity index (χ3n) is 5.38. The van der Waals surface area contributed by atoms with Crippen LogP contribution >= 0.6 is 0 Å². The topological polar surface area (TPSA) is 92.3 Å². The Morgan fingerprint density at radius 2 is 1.87 bits per heavy atom. The van der Waals surface area contributed by atoms with Gasteiger partial charge in [-0.1, -0.05) is 18.2 Å². The maximum absolute atomic E-state index is 5.09. The van der Waals surface area contributed by atoms with Crippen LogP contribution in [0.2, 0.25) is 0 Å². The van der Waals surface area contributed by atoms with Crippen molar-refractivity contribution < 1.29 is 0 Å². The summed E-state index contributed by atoms with van der Waals surface area (Å²) in [5, 5.41) is 4.61. The predicted octanol–water partition coefficient (Wildman–Crippen LogP) is 4.75. The fraction of sp³-hybridized carbons (Fsp3) is 0.174. The Balaban J connectivity index is 1.68. The Bertz CT molecular complexity index is 1370. The first-order valence-electron chi connectivity index (χ1n) is 9.84. The van der Waals surface area contributed by atoms with Crippen LogP contribution in [0.4, 0.5) is 5.82 Å². The number of nitrogens with one attached hydrogen (secondary N) is 2. The van der Waals surface area contributed by atoms with Gasteiger partial charge in [-0.25, -0.2) is 19.9 Å². The van der Waals surface area contributed by atoms with Gasteiger partial charge in [0.15, 0.2) is 11.5 Å². The molecule has 4 heterocycles. The number of aryl methyl sites for hydroxylation is 2. The molecular weight excluding hydrogens is 374 g/mol. The third kappa shape index (κ3) is 3.04. The molecule has 0 aliphatic carbocycles. The van der Waals surface area contributed by atoms with E-state index in [-0.39, 0.29) is 6.04 Å². The summed E-state index contributed by atoms with van der Waals surface area (Å²) in [6.45, 7) is 6.21. The lowest BCUT2D eigenvalue weighted by Crippen LogP contribution is -2.11. The average Bonchev–Trinajstić information content (AvgIpc) is 3.24. The van der Waals surface area contributed by atoms with Gasteiger partial charge < -0.3 is 10.3 Å². The highest BCUT2D eigenvalue weighted by atomic mass is 15.1. The Morgan fingerprint density at radius 1 is 0.967 bits per heavy atom. The van der Waals surface area contributed by atoms with Crippen molar-refractivity contribution in [1.29, 1.82) is 0 Å². The molecule has 0 spiro atoms. The number of hydrogen-bond donors (Lipinski definition) is 2. The molecule has 7 nitrogen and oxygen atoms in total. The van der Waals surface area contributed by atoms with Crippen molar-refractivity contribution in [1.82, 2.24) is 29.9 Å². The summed E-state index contributed by atoms with van der Waals surface area (Å²) in [7, 11) is 0. The molecule has 0 saturated heterocycles. The molecule has 1 aromatic carbocycles. The van der Waals surface area contributed by atoms with E-state index < -0.39 is 0 Å². The molecule has 5 aromatic rings. The second-order valence-electron chi connectivity index (χ2n) is 7.40. The van der Waals surface area contributed by atoms with Crippen molar-refractivity contribution in [2.24, 2.45) is 0 Å². The van der Waals surface area contributed by atoms with Gasteiger partial charge in [0.2, 0.25) is 0 Å². The molecule has 7 heteroatoms. The number of aromatic nitrogens is 6. The Hall–Kier alpha value is -3.87. The van der Waals surface area contributed by atoms with Crippen LogP contribution in [0.5, 0.6) is 0 Å². The standard InChI is InChI=1S/C23H21N7/c1-13-6-4-7-16-10-18(20(30-19(13)16)17-8-5-9-24-14(17)2)15(3)29-23-21-22(26-11-25-21)27-12-28-23/h4-12,15H,1-3H3,(H2,25,26,27,28,29)/t15-/m1/s1. The maximum atomic E-state index is 5.09. The summed E-state index contributed by atoms with van der Waals surface area (Å²) in [6.07, 6.45) is 4.96. The molecule has 30 heavy (non-hydrogen) atoms. The van der Waals surface area contributed by atoms with E-state index in [0.29, 0.717) is 17.0 Å². The van der Waals surface area contributed by atoms with Crippen LogP contribution in [0.15, 0.2) is 55.2 Å². The fourth-order valence-electron chi connectivity index (χ4n) is 3.80. The monoisotopic (exact) mass is 395 g/mol. The van der Waals surface area contributed by atoms with Gasteiger partial charge in [0.25, 0.3) is 0 Å². The van der Waals surface area contributed by atoms with Crippen molar-refractivity contribution in [2.45, 2.75) is 26.8 Å². The molecule has 0 saturated carbocycles. The summed E-state index contributed by atoms with van der Waals surface area (Å²) in [5.41, 5.74) is 7.55. The highest BCUT2D eigenvalue weighted by molar-refractivity contribution is 5.87. The summed E-state index contributed by atoms with van der Waals surface area (Å²) in [6, 6.07) is 12.4. The Labute approximate surface area is 173 Å². The molecule has 0 amide bonds. The number of para-hydroxylation sites is 1. The molecule has 0 radical (unpaired) electrons. The van der Waals surface area contributed by atoms with E-state index >= 15 is 0 Å². The summed E-state index contributed by atoms with van der Waals surface area (Å²) in [5.74, 6) is 0.687. The molecule has 148 valence electrons. The van der Waals surface area contributed by atoms with E-state index in [1.54, 1.807) is 6.33 Å². The number of hydrogen-bond acceptors (Lipinski definition) is 6. The number of benzene rings is 1. The van der Waals surface area contributed by atoms with Crippen LogP contribution in [0.3, 0.4) is 0 Å². The summed E-state index contributed by atoms with van der Waals surface area (Å²) >= 11 is 0. The second kappa shape index (κ2) is 7.18. The number of fused-ring (bicyclic) bond motifs is 2. The smallest absolute Gasteiger partial charge is 0.162 e. The molecule has 2 N–H and O–H groups in total. The molecule has 0 unspecified atom stereocenters. The van der Waals surface area contributed by atoms with Crippen molar-refractivity contribution >= 4 is 27.9 Å². The molecule has 1 atom stereocenters. The molecule has 0 fully saturated rings. The lowest BCUT2D eigenvalue weighted by Gasteiger charge is -2.20. The van der Waals surface area contributed by atoms with Gasteiger partial charge in [0.05, 0.1) is 23.6 Å². The molecule has 0 aliphatic heterocycles. The molecule has 0 bridgehead atoms. The van der Waals surface area contributed by atoms with Crippen LogP contribution < -0.4 is 5.32 Å². The minimum atomic E-state index is -0.0631. The van der Waals surface area contributed by atoms with E-state index in [9.17, 15) is 0 Å². The lowest BCUT2D eigenvalue weighted by molar-refractivity contribution is 0.872. The first kappa shape index (κ1) is 18.2. The first-order valence-corrected chi connectivity index (χ1v) is 9.84. The zero-order chi connectivity index (χ0) is 20.7. The van der Waals surface area contributed by atoms with Crippen LogP contribution in [-0.2, 0) is 0 Å². The van der Waals surface area contributed by atoms with Crippen LogP contribution in [0, 0.1) is 13.8 Å². The second-order valence-corrected chi connectivity index (χ2v) is 7.40. The minimum Gasteiger partial charge on any atom is -0.362 e. The van der Waals surface area contributed by atoms with Gasteiger partial charge in [0, 0.05) is 28.4 Å². The zero-order valence-electron chi connectivity index (χ0n) is 17.0. The van der Waals surface area contributed by atoms with Gasteiger partial charge in [-0.05, 0) is 44.5 Å². The van der Waals surface area contributed by atoms with Gasteiger partial charge >= 0.3 is 0 Å². The number of aromatic amines is 1. The van der Waals surface area contributed by atoms with Crippen molar-refractivity contribution in [3.8, 4) is 11.3 Å². The largest absolute Gasteiger partial charge is 0.362 e. The van der Waals surface area contributed by atoms with E-state index in [1.165, 1.54) is 6.33 Å². The SMILES string of the molecule is Cc1ncccc1-c1nc2c(C)cccc2cc1[C@@H](C)Nc1ncnc2[nH]cnc12. The van der Waals surface area contributed by atoms with Crippen molar-refractivity contribution in [3.63, 3.8) is 0 Å². The first-order chi connectivity index (χ1) is 14.6. The van der Waals surface area contributed by atoms with Crippen LogP contribution in [0.1, 0.15) is 29.8 Å². The normalized spacial score (nSPS) is 12.4. The Kier molecular flexibility index (Phi) is 4.35. The number of rotatable bonds is 4. The number of anilines is 1. The fourth-order valence-corrected chi connectivity index (χ4v) is 3.80. The molecular formula is C23H21N7. The number of pyridine rings is 2. The van der Waals surface area contributed by atoms with E-state index in [0.717, 1.165) is 39.0 Å². The third-order valence-corrected chi connectivity index (χ3v) is 5.38. The molecule has 5 rings (SSSR count). The van der Waals surface area contributed by atoms with Gasteiger partial charge in [-0.3, -0.25) is 4.98 Å².